The Morgan fingerprint density at radius 3 is 2.35 bits per heavy atom. The van der Waals surface area contributed by atoms with Crippen LogP contribution in [-0.2, 0) is 0 Å². The van der Waals surface area contributed by atoms with E-state index in [2.05, 4.69) is 39.2 Å². The third kappa shape index (κ3) is 5.12. The summed E-state index contributed by atoms with van der Waals surface area (Å²) in [6.07, 6.45) is 0. The molecule has 0 fully saturated rings. The van der Waals surface area contributed by atoms with Crippen molar-refractivity contribution in [3.8, 4) is 17.6 Å². The molecular formula is C15H18O2. The van der Waals surface area contributed by atoms with E-state index in [1.54, 1.807) is 24.3 Å². The normalized spacial score (nSPS) is 10.3. The predicted molar refractivity (Wildman–Crippen MR) is 70.8 cm³/mol. The van der Waals surface area contributed by atoms with E-state index in [-0.39, 0.29) is 11.2 Å². The molecular weight excluding hydrogens is 212 g/mol. The first-order chi connectivity index (χ1) is 7.88. The Bertz CT molecular complexity index is 439. The van der Waals surface area contributed by atoms with Crippen molar-refractivity contribution in [2.75, 3.05) is 6.61 Å². The maximum atomic E-state index is 9.16. The number of hydrogen-bond donors (Lipinski definition) is 1. The molecule has 0 spiro atoms. The number of aliphatic hydroxyl groups excluding tert-OH is 1. The van der Waals surface area contributed by atoms with Crippen LogP contribution in [-0.4, -0.2) is 11.7 Å². The van der Waals surface area contributed by atoms with Crippen LogP contribution in [0, 0.1) is 17.3 Å². The number of ether oxygens (including phenoxy) is 1. The topological polar surface area (TPSA) is 29.5 Å². The van der Waals surface area contributed by atoms with E-state index in [4.69, 9.17) is 9.84 Å². The molecule has 0 heterocycles. The Kier molecular flexibility index (Phi) is 4.23. The largest absolute Gasteiger partial charge is 0.508 e. The average molecular weight is 230 g/mol. The van der Waals surface area contributed by atoms with Gasteiger partial charge < -0.3 is 9.84 Å². The van der Waals surface area contributed by atoms with Gasteiger partial charge in [-0.25, -0.2) is 0 Å². The monoisotopic (exact) mass is 230 g/mol. The lowest BCUT2D eigenvalue weighted by atomic mass is 9.98. The molecule has 90 valence electrons. The van der Waals surface area contributed by atoms with Gasteiger partial charge in [0, 0.05) is 11.0 Å². The summed E-state index contributed by atoms with van der Waals surface area (Å²) in [5.41, 5.74) is 0.695. The highest BCUT2D eigenvalue weighted by molar-refractivity contribution is 5.56. The van der Waals surface area contributed by atoms with E-state index in [1.165, 1.54) is 0 Å². The van der Waals surface area contributed by atoms with Crippen LogP contribution >= 0.6 is 0 Å². The van der Waals surface area contributed by atoms with Crippen molar-refractivity contribution < 1.29 is 9.84 Å². The second-order valence-corrected chi connectivity index (χ2v) is 4.81. The molecule has 1 aromatic carbocycles. The van der Waals surface area contributed by atoms with Crippen LogP contribution in [0.25, 0.3) is 5.76 Å². The quantitative estimate of drug-likeness (QED) is 0.634. The molecule has 0 atom stereocenters. The van der Waals surface area contributed by atoms with Gasteiger partial charge in [0.15, 0.2) is 0 Å². The first-order valence-corrected chi connectivity index (χ1v) is 5.49. The number of rotatable bonds is 3. The first kappa shape index (κ1) is 13.2. The zero-order valence-electron chi connectivity index (χ0n) is 10.6. The number of hydrogen-bond acceptors (Lipinski definition) is 2. The van der Waals surface area contributed by atoms with Crippen LogP contribution in [0.5, 0.6) is 5.75 Å². The van der Waals surface area contributed by atoms with Crippen molar-refractivity contribution in [2.24, 2.45) is 5.41 Å². The SMILES string of the molecule is C=C(O)c1ccc(OCC#CC(C)(C)C)cc1. The van der Waals surface area contributed by atoms with Gasteiger partial charge in [-0.1, -0.05) is 18.4 Å². The van der Waals surface area contributed by atoms with Crippen molar-refractivity contribution in [3.63, 3.8) is 0 Å². The molecule has 1 rings (SSSR count). The van der Waals surface area contributed by atoms with Gasteiger partial charge in [0.05, 0.1) is 0 Å². The summed E-state index contributed by atoms with van der Waals surface area (Å²) in [7, 11) is 0. The van der Waals surface area contributed by atoms with Crippen molar-refractivity contribution in [1.82, 2.24) is 0 Å². The van der Waals surface area contributed by atoms with Crippen molar-refractivity contribution in [2.45, 2.75) is 20.8 Å². The fourth-order valence-corrected chi connectivity index (χ4v) is 1.16. The summed E-state index contributed by atoms with van der Waals surface area (Å²) < 4.78 is 5.45. The number of aliphatic hydroxyl groups is 1. The maximum absolute atomic E-state index is 9.16. The second kappa shape index (κ2) is 5.45. The second-order valence-electron chi connectivity index (χ2n) is 4.81. The van der Waals surface area contributed by atoms with Crippen LogP contribution in [0.2, 0.25) is 0 Å². The molecule has 2 heteroatoms. The Morgan fingerprint density at radius 1 is 1.29 bits per heavy atom. The molecule has 2 nitrogen and oxygen atoms in total. The third-order valence-corrected chi connectivity index (χ3v) is 1.96. The summed E-state index contributed by atoms with van der Waals surface area (Å²) in [5.74, 6) is 6.86. The molecule has 17 heavy (non-hydrogen) atoms. The van der Waals surface area contributed by atoms with E-state index < -0.39 is 0 Å². The molecule has 0 saturated carbocycles. The lowest BCUT2D eigenvalue weighted by Gasteiger charge is -2.07. The van der Waals surface area contributed by atoms with Crippen LogP contribution < -0.4 is 4.74 Å². The lowest BCUT2D eigenvalue weighted by molar-refractivity contribution is 0.369. The highest BCUT2D eigenvalue weighted by Gasteiger charge is 2.03. The fraction of sp³-hybridized carbons (Fsp3) is 0.333. The summed E-state index contributed by atoms with van der Waals surface area (Å²) in [5, 5.41) is 9.16. The smallest absolute Gasteiger partial charge is 0.149 e. The maximum Gasteiger partial charge on any atom is 0.149 e. The lowest BCUT2D eigenvalue weighted by Crippen LogP contribution is -2.01. The zero-order chi connectivity index (χ0) is 12.9. The Morgan fingerprint density at radius 2 is 1.88 bits per heavy atom. The van der Waals surface area contributed by atoms with E-state index in [9.17, 15) is 0 Å². The van der Waals surface area contributed by atoms with Gasteiger partial charge in [-0.2, -0.15) is 0 Å². The summed E-state index contributed by atoms with van der Waals surface area (Å²) >= 11 is 0. The number of benzene rings is 1. The Labute approximate surface area is 103 Å². The summed E-state index contributed by atoms with van der Waals surface area (Å²) in [6.45, 7) is 9.99. The molecule has 0 saturated heterocycles. The molecule has 1 N–H and O–H groups in total. The van der Waals surface area contributed by atoms with Crippen LogP contribution in [0.3, 0.4) is 0 Å². The van der Waals surface area contributed by atoms with Crippen molar-refractivity contribution in [3.05, 3.63) is 36.4 Å². The zero-order valence-corrected chi connectivity index (χ0v) is 10.6. The van der Waals surface area contributed by atoms with E-state index in [0.29, 0.717) is 12.2 Å². The molecule has 0 bridgehead atoms. The van der Waals surface area contributed by atoms with E-state index >= 15 is 0 Å². The molecule has 0 aliphatic carbocycles. The first-order valence-electron chi connectivity index (χ1n) is 5.49. The average Bonchev–Trinajstić information content (AvgIpc) is 2.24. The summed E-state index contributed by atoms with van der Waals surface area (Å²) in [6, 6.07) is 7.09. The molecule has 0 radical (unpaired) electrons. The standard InChI is InChI=1S/C15H18O2/c1-12(16)13-6-8-14(9-7-13)17-11-5-10-15(2,3)4/h6-9,16H,1,11H2,2-4H3. The van der Waals surface area contributed by atoms with Crippen LogP contribution in [0.15, 0.2) is 30.8 Å². The third-order valence-electron chi connectivity index (χ3n) is 1.96. The summed E-state index contributed by atoms with van der Waals surface area (Å²) in [4.78, 5) is 0. The Balaban J connectivity index is 2.53. The van der Waals surface area contributed by atoms with E-state index in [0.717, 1.165) is 5.75 Å². The minimum absolute atomic E-state index is 0.00183. The minimum Gasteiger partial charge on any atom is -0.508 e. The molecule has 0 amide bonds. The van der Waals surface area contributed by atoms with Gasteiger partial charge in [-0.05, 0) is 45.0 Å². The van der Waals surface area contributed by atoms with Crippen molar-refractivity contribution >= 4 is 5.76 Å². The van der Waals surface area contributed by atoms with E-state index in [1.807, 2.05) is 0 Å². The van der Waals surface area contributed by atoms with Crippen LogP contribution in [0.4, 0.5) is 0 Å². The van der Waals surface area contributed by atoms with Crippen LogP contribution in [0.1, 0.15) is 26.3 Å². The molecule has 0 aromatic heterocycles. The Hall–Kier alpha value is -1.88. The van der Waals surface area contributed by atoms with Gasteiger partial charge in [-0.3, -0.25) is 0 Å². The molecule has 0 aliphatic heterocycles. The predicted octanol–water partition coefficient (Wildman–Crippen LogP) is 3.64. The highest BCUT2D eigenvalue weighted by Crippen LogP contribution is 2.15. The molecule has 0 unspecified atom stereocenters. The van der Waals surface area contributed by atoms with Gasteiger partial charge in [0.25, 0.3) is 0 Å². The fourth-order valence-electron chi connectivity index (χ4n) is 1.16. The minimum atomic E-state index is 0.00183. The van der Waals surface area contributed by atoms with Crippen molar-refractivity contribution in [1.29, 1.82) is 0 Å². The van der Waals surface area contributed by atoms with Gasteiger partial charge in [0.1, 0.15) is 18.1 Å². The van der Waals surface area contributed by atoms with Gasteiger partial charge >= 0.3 is 0 Å². The van der Waals surface area contributed by atoms with Gasteiger partial charge in [-0.15, -0.1) is 0 Å². The highest BCUT2D eigenvalue weighted by atomic mass is 16.5. The van der Waals surface area contributed by atoms with Gasteiger partial charge in [0.2, 0.25) is 0 Å². The molecule has 0 aliphatic rings. The molecule has 1 aromatic rings.